The van der Waals surface area contributed by atoms with Gasteiger partial charge in [-0.15, -0.1) is 0 Å². The first-order valence-corrected chi connectivity index (χ1v) is 11.2. The number of fused-ring (bicyclic) bond motifs is 1. The molecule has 31 heavy (non-hydrogen) atoms. The van der Waals surface area contributed by atoms with Gasteiger partial charge in [0.25, 0.3) is 0 Å². The minimum atomic E-state index is 0.717. The number of aryl methyl sites for hydroxylation is 1. The van der Waals surface area contributed by atoms with Gasteiger partial charge in [0.1, 0.15) is 18.2 Å². The normalized spacial score (nSPS) is 14.4. The van der Waals surface area contributed by atoms with Gasteiger partial charge in [-0.3, -0.25) is 4.90 Å². The second-order valence-electron chi connectivity index (χ2n) is 8.49. The highest BCUT2D eigenvalue weighted by molar-refractivity contribution is 5.84. The molecule has 0 bridgehead atoms. The van der Waals surface area contributed by atoms with E-state index in [1.54, 1.807) is 0 Å². The van der Waals surface area contributed by atoms with Crippen LogP contribution < -0.4 is 4.74 Å². The first-order valence-electron chi connectivity index (χ1n) is 11.2. The van der Waals surface area contributed by atoms with Crippen molar-refractivity contribution in [2.24, 2.45) is 0 Å². The van der Waals surface area contributed by atoms with Crippen molar-refractivity contribution in [3.05, 3.63) is 83.4 Å². The molecule has 1 aromatic heterocycles. The molecule has 4 aromatic rings. The molecule has 1 fully saturated rings. The molecular formula is C27H29N3O. The zero-order chi connectivity index (χ0) is 21.0. The molecule has 1 saturated heterocycles. The molecule has 0 saturated carbocycles. The van der Waals surface area contributed by atoms with E-state index in [9.17, 15) is 0 Å². The standard InChI is InChI=1S/C27H29N3O/c1-20-8-7-11-22(16-20)27-28-25-19-24(31-15-14-30-12-5-6-13-30)18-23(26(25)29-27)17-21-9-3-2-4-10-21/h2-4,7-11,16,18-19H,5-6,12-15,17H2,1H3,(H,28,29). The van der Waals surface area contributed by atoms with E-state index in [0.29, 0.717) is 0 Å². The highest BCUT2D eigenvalue weighted by Gasteiger charge is 2.14. The maximum atomic E-state index is 6.20. The van der Waals surface area contributed by atoms with Gasteiger partial charge in [-0.2, -0.15) is 0 Å². The summed E-state index contributed by atoms with van der Waals surface area (Å²) < 4.78 is 6.20. The van der Waals surface area contributed by atoms with Gasteiger partial charge < -0.3 is 9.72 Å². The Bertz CT molecular complexity index is 1160. The third kappa shape index (κ3) is 4.64. The molecule has 1 aliphatic heterocycles. The first-order chi connectivity index (χ1) is 15.2. The van der Waals surface area contributed by atoms with Gasteiger partial charge in [0.05, 0.1) is 11.0 Å². The van der Waals surface area contributed by atoms with E-state index in [0.717, 1.165) is 47.7 Å². The SMILES string of the molecule is Cc1cccc(-c2nc3c(Cc4ccccc4)cc(OCCN4CCCC4)cc3[nH]2)c1. The molecule has 3 aromatic carbocycles. The van der Waals surface area contributed by atoms with Crippen molar-refractivity contribution in [2.45, 2.75) is 26.2 Å². The van der Waals surface area contributed by atoms with Crippen LogP contribution in [0.5, 0.6) is 5.75 Å². The number of likely N-dealkylation sites (tertiary alicyclic amines) is 1. The van der Waals surface area contributed by atoms with Crippen molar-refractivity contribution in [3.63, 3.8) is 0 Å². The number of nitrogens with one attached hydrogen (secondary N) is 1. The number of imidazole rings is 1. The van der Waals surface area contributed by atoms with Crippen LogP contribution in [-0.2, 0) is 6.42 Å². The Kier molecular flexibility index (Phi) is 5.72. The smallest absolute Gasteiger partial charge is 0.138 e. The molecule has 1 N–H and O–H groups in total. The van der Waals surface area contributed by atoms with Crippen LogP contribution >= 0.6 is 0 Å². The Morgan fingerprint density at radius 3 is 2.61 bits per heavy atom. The van der Waals surface area contributed by atoms with Gasteiger partial charge in [-0.25, -0.2) is 4.98 Å². The minimum Gasteiger partial charge on any atom is -0.492 e. The fraction of sp³-hybridized carbons (Fsp3) is 0.296. The Labute approximate surface area is 183 Å². The van der Waals surface area contributed by atoms with Crippen LogP contribution in [0.25, 0.3) is 22.4 Å². The van der Waals surface area contributed by atoms with Crippen LogP contribution in [0.2, 0.25) is 0 Å². The minimum absolute atomic E-state index is 0.717. The van der Waals surface area contributed by atoms with Crippen molar-refractivity contribution >= 4 is 11.0 Å². The molecule has 0 spiro atoms. The summed E-state index contributed by atoms with van der Waals surface area (Å²) in [5.41, 5.74) is 6.85. The predicted molar refractivity (Wildman–Crippen MR) is 127 cm³/mol. The van der Waals surface area contributed by atoms with Crippen LogP contribution in [0.4, 0.5) is 0 Å². The van der Waals surface area contributed by atoms with Crippen LogP contribution in [0, 0.1) is 6.92 Å². The molecule has 2 heterocycles. The lowest BCUT2D eigenvalue weighted by molar-refractivity contribution is 0.238. The lowest BCUT2D eigenvalue weighted by atomic mass is 10.0. The molecule has 0 radical (unpaired) electrons. The number of hydrogen-bond donors (Lipinski definition) is 1. The van der Waals surface area contributed by atoms with Crippen molar-refractivity contribution in [3.8, 4) is 17.1 Å². The molecule has 158 valence electrons. The average molecular weight is 412 g/mol. The summed E-state index contributed by atoms with van der Waals surface area (Å²) in [6.07, 6.45) is 3.45. The topological polar surface area (TPSA) is 41.1 Å². The zero-order valence-electron chi connectivity index (χ0n) is 18.1. The van der Waals surface area contributed by atoms with Gasteiger partial charge >= 0.3 is 0 Å². The fourth-order valence-corrected chi connectivity index (χ4v) is 4.42. The molecule has 4 heteroatoms. The number of aromatic amines is 1. The molecule has 0 atom stereocenters. The second-order valence-corrected chi connectivity index (χ2v) is 8.49. The molecule has 0 aliphatic carbocycles. The van der Waals surface area contributed by atoms with Crippen LogP contribution in [0.15, 0.2) is 66.7 Å². The summed E-state index contributed by atoms with van der Waals surface area (Å²) in [6.45, 7) is 6.21. The van der Waals surface area contributed by atoms with Crippen LogP contribution in [0.3, 0.4) is 0 Å². The monoisotopic (exact) mass is 411 g/mol. The van der Waals surface area contributed by atoms with E-state index in [4.69, 9.17) is 9.72 Å². The average Bonchev–Trinajstić information content (AvgIpc) is 3.45. The van der Waals surface area contributed by atoms with E-state index >= 15 is 0 Å². The zero-order valence-corrected chi connectivity index (χ0v) is 18.1. The van der Waals surface area contributed by atoms with E-state index in [-0.39, 0.29) is 0 Å². The predicted octanol–water partition coefficient (Wildman–Crippen LogP) is 5.60. The van der Waals surface area contributed by atoms with Crippen LogP contribution in [-0.4, -0.2) is 41.1 Å². The van der Waals surface area contributed by atoms with Gasteiger partial charge in [-0.05, 0) is 62.5 Å². The number of hydrogen-bond acceptors (Lipinski definition) is 3. The van der Waals surface area contributed by atoms with Gasteiger partial charge in [0, 0.05) is 18.2 Å². The van der Waals surface area contributed by atoms with Crippen molar-refractivity contribution in [1.29, 1.82) is 0 Å². The lowest BCUT2D eigenvalue weighted by Crippen LogP contribution is -2.25. The Hall–Kier alpha value is -3.11. The fourth-order valence-electron chi connectivity index (χ4n) is 4.42. The molecule has 0 amide bonds. The largest absolute Gasteiger partial charge is 0.492 e. The number of rotatable bonds is 7. The number of ether oxygens (including phenoxy) is 1. The maximum absolute atomic E-state index is 6.20. The molecule has 0 unspecified atom stereocenters. The highest BCUT2D eigenvalue weighted by Crippen LogP contribution is 2.29. The lowest BCUT2D eigenvalue weighted by Gasteiger charge is -2.15. The highest BCUT2D eigenvalue weighted by atomic mass is 16.5. The summed E-state index contributed by atoms with van der Waals surface area (Å²) in [4.78, 5) is 11.0. The third-order valence-electron chi connectivity index (χ3n) is 6.04. The quantitative estimate of drug-likeness (QED) is 0.430. The molecular weight excluding hydrogens is 382 g/mol. The van der Waals surface area contributed by atoms with E-state index in [2.05, 4.69) is 83.5 Å². The second kappa shape index (κ2) is 8.94. The number of nitrogens with zero attached hydrogens (tertiary/aromatic N) is 2. The molecule has 4 nitrogen and oxygen atoms in total. The number of aromatic nitrogens is 2. The number of H-pyrrole nitrogens is 1. The summed E-state index contributed by atoms with van der Waals surface area (Å²) in [5, 5.41) is 0. The van der Waals surface area contributed by atoms with Crippen LogP contribution in [0.1, 0.15) is 29.5 Å². The first kappa shape index (κ1) is 19.8. The van der Waals surface area contributed by atoms with E-state index in [1.807, 2.05) is 0 Å². The summed E-state index contributed by atoms with van der Waals surface area (Å²) in [7, 11) is 0. The molecule has 1 aliphatic rings. The summed E-state index contributed by atoms with van der Waals surface area (Å²) in [5.74, 6) is 1.82. The van der Waals surface area contributed by atoms with Crippen molar-refractivity contribution in [1.82, 2.24) is 14.9 Å². The van der Waals surface area contributed by atoms with E-state index in [1.165, 1.54) is 42.6 Å². The maximum Gasteiger partial charge on any atom is 0.138 e. The van der Waals surface area contributed by atoms with Crippen molar-refractivity contribution < 1.29 is 4.74 Å². The summed E-state index contributed by atoms with van der Waals surface area (Å²) >= 11 is 0. The number of benzene rings is 3. The Morgan fingerprint density at radius 1 is 0.968 bits per heavy atom. The van der Waals surface area contributed by atoms with Gasteiger partial charge in [0.2, 0.25) is 0 Å². The third-order valence-corrected chi connectivity index (χ3v) is 6.04. The Morgan fingerprint density at radius 2 is 1.81 bits per heavy atom. The van der Waals surface area contributed by atoms with E-state index < -0.39 is 0 Å². The van der Waals surface area contributed by atoms with Crippen molar-refractivity contribution in [2.75, 3.05) is 26.2 Å². The van der Waals surface area contributed by atoms with Gasteiger partial charge in [0.15, 0.2) is 0 Å². The Balaban J connectivity index is 1.47. The summed E-state index contributed by atoms with van der Waals surface area (Å²) in [6, 6.07) is 23.3. The van der Waals surface area contributed by atoms with Gasteiger partial charge in [-0.1, -0.05) is 54.1 Å². The molecule has 5 rings (SSSR count).